The van der Waals surface area contributed by atoms with Crippen molar-refractivity contribution in [3.05, 3.63) is 40.9 Å². The lowest BCUT2D eigenvalue weighted by Gasteiger charge is -2.12. The van der Waals surface area contributed by atoms with Crippen LogP contribution < -0.4 is 10.6 Å². The number of benzene rings is 1. The molecule has 0 spiro atoms. The summed E-state index contributed by atoms with van der Waals surface area (Å²) in [7, 11) is 1.38. The Hall–Kier alpha value is -2.74. The Balaban J connectivity index is 1.93. The zero-order valence-electron chi connectivity index (χ0n) is 15.7. The van der Waals surface area contributed by atoms with Crippen LogP contribution in [0.15, 0.2) is 29.6 Å². The quantitative estimate of drug-likeness (QED) is 0.741. The minimum atomic E-state index is -1.07. The summed E-state index contributed by atoms with van der Waals surface area (Å²) in [6.07, 6.45) is -1.12. The van der Waals surface area contributed by atoms with E-state index in [0.29, 0.717) is 11.6 Å². The standard InChI is InChI=1S/C19H23N3O4S/c1-11(2)13-5-7-14(8-6-13)18-21-15(10-27-18)9-16(23)26-12(3)17(24)22-19(25)20-4/h5-8,10-12H,9H2,1-4H3,(H2,20,22,24,25)/t12-/m1/s1. The Labute approximate surface area is 162 Å². The maximum absolute atomic E-state index is 12.0. The molecule has 0 aliphatic heterocycles. The fourth-order valence-corrected chi connectivity index (χ4v) is 3.07. The van der Waals surface area contributed by atoms with E-state index in [1.165, 1.54) is 30.9 Å². The van der Waals surface area contributed by atoms with E-state index in [2.05, 4.69) is 41.6 Å². The number of ether oxygens (including phenoxy) is 1. The highest BCUT2D eigenvalue weighted by atomic mass is 32.1. The Kier molecular flexibility index (Phi) is 7.06. The number of hydrogen-bond donors (Lipinski definition) is 2. The molecule has 0 fully saturated rings. The molecule has 1 aromatic carbocycles. The summed E-state index contributed by atoms with van der Waals surface area (Å²) in [5.41, 5.74) is 2.82. The van der Waals surface area contributed by atoms with E-state index in [4.69, 9.17) is 4.74 Å². The number of aromatic nitrogens is 1. The molecule has 0 unspecified atom stereocenters. The van der Waals surface area contributed by atoms with Crippen LogP contribution in [0.4, 0.5) is 4.79 Å². The first-order valence-electron chi connectivity index (χ1n) is 8.57. The van der Waals surface area contributed by atoms with E-state index < -0.39 is 24.0 Å². The number of nitrogens with one attached hydrogen (secondary N) is 2. The van der Waals surface area contributed by atoms with Crippen molar-refractivity contribution in [3.63, 3.8) is 0 Å². The average molecular weight is 389 g/mol. The van der Waals surface area contributed by atoms with E-state index >= 15 is 0 Å². The molecular weight excluding hydrogens is 366 g/mol. The van der Waals surface area contributed by atoms with Gasteiger partial charge in [0.05, 0.1) is 12.1 Å². The van der Waals surface area contributed by atoms with Gasteiger partial charge < -0.3 is 10.1 Å². The van der Waals surface area contributed by atoms with Gasteiger partial charge in [-0.05, 0) is 18.4 Å². The fourth-order valence-electron chi connectivity index (χ4n) is 2.25. The average Bonchev–Trinajstić information content (AvgIpc) is 3.09. The van der Waals surface area contributed by atoms with Gasteiger partial charge in [0.2, 0.25) is 0 Å². The molecule has 1 aromatic heterocycles. The Morgan fingerprint density at radius 2 is 1.81 bits per heavy atom. The molecule has 2 aromatic rings. The number of nitrogens with zero attached hydrogens (tertiary/aromatic N) is 1. The first-order chi connectivity index (χ1) is 12.8. The first kappa shape index (κ1) is 20.6. The van der Waals surface area contributed by atoms with Crippen molar-refractivity contribution >= 4 is 29.2 Å². The Morgan fingerprint density at radius 3 is 2.41 bits per heavy atom. The Morgan fingerprint density at radius 1 is 1.15 bits per heavy atom. The summed E-state index contributed by atoms with van der Waals surface area (Å²) < 4.78 is 5.05. The zero-order chi connectivity index (χ0) is 20.0. The maximum atomic E-state index is 12.0. The van der Waals surface area contributed by atoms with Gasteiger partial charge in [-0.15, -0.1) is 11.3 Å². The number of hydrogen-bond acceptors (Lipinski definition) is 6. The number of esters is 1. The van der Waals surface area contributed by atoms with Crippen LogP contribution in [0.5, 0.6) is 0 Å². The van der Waals surface area contributed by atoms with Crippen LogP contribution in [0.1, 0.15) is 37.9 Å². The highest BCUT2D eigenvalue weighted by Crippen LogP contribution is 2.26. The largest absolute Gasteiger partial charge is 0.452 e. The van der Waals surface area contributed by atoms with Crippen molar-refractivity contribution in [1.82, 2.24) is 15.6 Å². The van der Waals surface area contributed by atoms with Gasteiger partial charge in [0.1, 0.15) is 5.01 Å². The van der Waals surface area contributed by atoms with Crippen molar-refractivity contribution in [2.45, 2.75) is 39.2 Å². The van der Waals surface area contributed by atoms with Crippen LogP contribution in [0.2, 0.25) is 0 Å². The van der Waals surface area contributed by atoms with Gasteiger partial charge in [0, 0.05) is 18.0 Å². The van der Waals surface area contributed by atoms with Gasteiger partial charge in [0.25, 0.3) is 5.91 Å². The summed E-state index contributed by atoms with van der Waals surface area (Å²) >= 11 is 1.44. The van der Waals surface area contributed by atoms with Crippen molar-refractivity contribution in [2.75, 3.05) is 7.05 Å². The highest BCUT2D eigenvalue weighted by molar-refractivity contribution is 7.13. The van der Waals surface area contributed by atoms with Gasteiger partial charge in [-0.2, -0.15) is 0 Å². The minimum Gasteiger partial charge on any atom is -0.452 e. The molecule has 1 heterocycles. The molecule has 7 nitrogen and oxygen atoms in total. The summed E-state index contributed by atoms with van der Waals surface area (Å²) in [6.45, 7) is 5.68. The van der Waals surface area contributed by atoms with E-state index in [1.54, 1.807) is 5.38 Å². The van der Waals surface area contributed by atoms with Gasteiger partial charge >= 0.3 is 12.0 Å². The second-order valence-corrected chi connectivity index (χ2v) is 7.16. The molecule has 0 bridgehead atoms. The molecule has 0 radical (unpaired) electrons. The predicted octanol–water partition coefficient (Wildman–Crippen LogP) is 2.86. The van der Waals surface area contributed by atoms with Crippen LogP contribution >= 0.6 is 11.3 Å². The van der Waals surface area contributed by atoms with Gasteiger partial charge in [-0.25, -0.2) is 9.78 Å². The number of thiazole rings is 1. The van der Waals surface area contributed by atoms with Crippen LogP contribution in [0.3, 0.4) is 0 Å². The van der Waals surface area contributed by atoms with Crippen molar-refractivity contribution in [3.8, 4) is 10.6 Å². The first-order valence-corrected chi connectivity index (χ1v) is 9.45. The second kappa shape index (κ2) is 9.27. The van der Waals surface area contributed by atoms with E-state index in [-0.39, 0.29) is 6.42 Å². The SMILES string of the molecule is CNC(=O)NC(=O)[C@@H](C)OC(=O)Cc1csc(-c2ccc(C(C)C)cc2)n1. The molecule has 144 valence electrons. The third-order valence-electron chi connectivity index (χ3n) is 3.84. The highest BCUT2D eigenvalue weighted by Gasteiger charge is 2.20. The monoisotopic (exact) mass is 389 g/mol. The van der Waals surface area contributed by atoms with Crippen LogP contribution in [0.25, 0.3) is 10.6 Å². The van der Waals surface area contributed by atoms with Gasteiger partial charge in [-0.1, -0.05) is 38.1 Å². The molecule has 2 rings (SSSR count). The normalized spacial score (nSPS) is 11.7. The Bertz CT molecular complexity index is 815. The maximum Gasteiger partial charge on any atom is 0.321 e. The zero-order valence-corrected chi connectivity index (χ0v) is 16.6. The van der Waals surface area contributed by atoms with E-state index in [1.807, 2.05) is 12.1 Å². The molecule has 27 heavy (non-hydrogen) atoms. The lowest BCUT2D eigenvalue weighted by atomic mass is 10.0. The molecule has 2 N–H and O–H groups in total. The van der Waals surface area contributed by atoms with Crippen LogP contribution in [0, 0.1) is 0 Å². The summed E-state index contributed by atoms with van der Waals surface area (Å²) in [6, 6.07) is 7.52. The topological polar surface area (TPSA) is 97.4 Å². The minimum absolute atomic E-state index is 0.0435. The lowest BCUT2D eigenvalue weighted by molar-refractivity contribution is -0.153. The summed E-state index contributed by atoms with van der Waals surface area (Å²) in [5, 5.41) is 6.92. The molecule has 0 saturated carbocycles. The van der Waals surface area contributed by atoms with Crippen molar-refractivity contribution < 1.29 is 19.1 Å². The third kappa shape index (κ3) is 5.89. The second-order valence-electron chi connectivity index (χ2n) is 6.30. The summed E-state index contributed by atoms with van der Waals surface area (Å²) in [4.78, 5) is 39.3. The van der Waals surface area contributed by atoms with E-state index in [0.717, 1.165) is 10.6 Å². The fraction of sp³-hybridized carbons (Fsp3) is 0.368. The molecule has 0 aliphatic rings. The molecule has 1 atom stereocenters. The lowest BCUT2D eigenvalue weighted by Crippen LogP contribution is -2.43. The smallest absolute Gasteiger partial charge is 0.321 e. The number of amides is 3. The number of rotatable bonds is 6. The molecule has 3 amide bonds. The molecule has 0 saturated heterocycles. The van der Waals surface area contributed by atoms with Crippen molar-refractivity contribution in [1.29, 1.82) is 0 Å². The molecule has 0 aliphatic carbocycles. The number of carbonyl (C=O) groups excluding carboxylic acids is 3. The molecular formula is C19H23N3O4S. The number of carbonyl (C=O) groups is 3. The van der Waals surface area contributed by atoms with Crippen LogP contribution in [-0.2, 0) is 20.7 Å². The van der Waals surface area contributed by atoms with Gasteiger partial charge in [-0.3, -0.25) is 14.9 Å². The molecule has 8 heteroatoms. The summed E-state index contributed by atoms with van der Waals surface area (Å²) in [5.74, 6) is -0.809. The van der Waals surface area contributed by atoms with Crippen LogP contribution in [-0.4, -0.2) is 36.0 Å². The number of urea groups is 1. The number of imide groups is 1. The predicted molar refractivity (Wildman–Crippen MR) is 103 cm³/mol. The van der Waals surface area contributed by atoms with E-state index in [9.17, 15) is 14.4 Å². The van der Waals surface area contributed by atoms with Gasteiger partial charge in [0.15, 0.2) is 6.10 Å². The van der Waals surface area contributed by atoms with Crippen molar-refractivity contribution in [2.24, 2.45) is 0 Å². The third-order valence-corrected chi connectivity index (χ3v) is 4.78.